The van der Waals surface area contributed by atoms with Gasteiger partial charge in [0.1, 0.15) is 12.2 Å². The molecule has 1 aromatic rings. The number of rotatable bonds is 1. The Morgan fingerprint density at radius 3 is 2.37 bits per heavy atom. The van der Waals surface area contributed by atoms with Gasteiger partial charge in [-0.05, 0) is 12.5 Å². The molecule has 19 heavy (non-hydrogen) atoms. The fourth-order valence-corrected chi connectivity index (χ4v) is 2.86. The van der Waals surface area contributed by atoms with Crippen molar-refractivity contribution < 1.29 is 19.4 Å². The molecule has 4 heteroatoms. The largest absolute Gasteiger partial charge is 0.389 e. The van der Waals surface area contributed by atoms with E-state index in [4.69, 9.17) is 4.74 Å². The van der Waals surface area contributed by atoms with Crippen LogP contribution in [-0.2, 0) is 4.74 Å². The molecule has 98 valence electrons. The first-order chi connectivity index (χ1) is 9.02. The van der Waals surface area contributed by atoms with Crippen molar-refractivity contribution in [1.29, 1.82) is 0 Å². The zero-order valence-corrected chi connectivity index (χ0v) is 10.5. The molecule has 4 atom stereocenters. The molecule has 1 N–H and O–H groups in total. The van der Waals surface area contributed by atoms with Crippen LogP contribution in [0.4, 0.5) is 0 Å². The van der Waals surface area contributed by atoms with Crippen molar-refractivity contribution >= 4 is 11.6 Å². The molecule has 0 saturated carbocycles. The van der Waals surface area contributed by atoms with Gasteiger partial charge in [-0.15, -0.1) is 0 Å². The van der Waals surface area contributed by atoms with Crippen molar-refractivity contribution in [3.63, 3.8) is 0 Å². The summed E-state index contributed by atoms with van der Waals surface area (Å²) < 4.78 is 5.56. The van der Waals surface area contributed by atoms with Gasteiger partial charge in [0, 0.05) is 11.1 Å². The molecule has 0 radical (unpaired) electrons. The SMILES string of the molecule is C=C(C)[C@H]1O[C@H]2C(=O)c3ccccc3C(=O)[C@@H]2[C@H]1O. The highest BCUT2D eigenvalue weighted by Gasteiger charge is 2.54. The van der Waals surface area contributed by atoms with Crippen LogP contribution in [0.1, 0.15) is 27.6 Å². The smallest absolute Gasteiger partial charge is 0.193 e. The third-order valence-corrected chi connectivity index (χ3v) is 3.80. The fraction of sp³-hybridized carbons (Fsp3) is 0.333. The van der Waals surface area contributed by atoms with Gasteiger partial charge in [-0.1, -0.05) is 30.8 Å². The standard InChI is InChI=1S/C15H14O4/c1-7(2)14-13(18)10-11(16)8-5-3-4-6-9(8)12(17)15(10)19-14/h3-6,10,13-15,18H,1H2,2H3/t10-,13-,14-,15-/m1/s1. The molecule has 0 amide bonds. The van der Waals surface area contributed by atoms with Gasteiger partial charge in [0.2, 0.25) is 0 Å². The lowest BCUT2D eigenvalue weighted by molar-refractivity contribution is 0.0297. The van der Waals surface area contributed by atoms with Crippen LogP contribution in [0.15, 0.2) is 36.4 Å². The maximum atomic E-state index is 12.4. The van der Waals surface area contributed by atoms with E-state index >= 15 is 0 Å². The summed E-state index contributed by atoms with van der Waals surface area (Å²) in [4.78, 5) is 24.7. The average molecular weight is 258 g/mol. The maximum Gasteiger partial charge on any atom is 0.193 e. The van der Waals surface area contributed by atoms with Gasteiger partial charge in [0.25, 0.3) is 0 Å². The molecule has 3 rings (SSSR count). The Bertz CT molecular complexity index is 590. The molecule has 0 bridgehead atoms. The van der Waals surface area contributed by atoms with Crippen molar-refractivity contribution in [2.24, 2.45) is 5.92 Å². The summed E-state index contributed by atoms with van der Waals surface area (Å²) >= 11 is 0. The predicted molar refractivity (Wildman–Crippen MR) is 68.1 cm³/mol. The molecule has 1 fully saturated rings. The second kappa shape index (κ2) is 4.11. The third-order valence-electron chi connectivity index (χ3n) is 3.80. The molecule has 1 saturated heterocycles. The average Bonchev–Trinajstić information content (AvgIpc) is 2.74. The molecule has 1 aliphatic heterocycles. The number of Topliss-reactive ketones (excluding diaryl/α,β-unsaturated/α-hetero) is 2. The molecule has 1 aromatic carbocycles. The van der Waals surface area contributed by atoms with Gasteiger partial charge in [0.15, 0.2) is 11.6 Å². The van der Waals surface area contributed by atoms with Gasteiger partial charge in [-0.3, -0.25) is 9.59 Å². The van der Waals surface area contributed by atoms with E-state index in [1.54, 1.807) is 31.2 Å². The summed E-state index contributed by atoms with van der Waals surface area (Å²) in [7, 11) is 0. The van der Waals surface area contributed by atoms with Gasteiger partial charge < -0.3 is 9.84 Å². The van der Waals surface area contributed by atoms with E-state index in [0.717, 1.165) is 0 Å². The van der Waals surface area contributed by atoms with Crippen LogP contribution < -0.4 is 0 Å². The quantitative estimate of drug-likeness (QED) is 0.773. The fourth-order valence-electron chi connectivity index (χ4n) is 2.86. The minimum Gasteiger partial charge on any atom is -0.389 e. The second-order valence-corrected chi connectivity index (χ2v) is 5.11. The highest BCUT2D eigenvalue weighted by molar-refractivity contribution is 6.17. The Balaban J connectivity index is 2.09. The number of aliphatic hydroxyl groups excluding tert-OH is 1. The predicted octanol–water partition coefficient (Wildman–Crippen LogP) is 1.39. The molecule has 1 aliphatic carbocycles. The molecule has 0 spiro atoms. The number of benzene rings is 1. The van der Waals surface area contributed by atoms with Gasteiger partial charge in [-0.25, -0.2) is 0 Å². The summed E-state index contributed by atoms with van der Waals surface area (Å²) in [6, 6.07) is 6.66. The van der Waals surface area contributed by atoms with E-state index in [1.165, 1.54) is 0 Å². The highest BCUT2D eigenvalue weighted by Crippen LogP contribution is 2.38. The molecule has 0 aromatic heterocycles. The topological polar surface area (TPSA) is 63.6 Å². The van der Waals surface area contributed by atoms with Crippen LogP contribution in [0.25, 0.3) is 0 Å². The van der Waals surface area contributed by atoms with E-state index in [2.05, 4.69) is 6.58 Å². The molecule has 2 aliphatic rings. The number of carbonyl (C=O) groups excluding carboxylic acids is 2. The third kappa shape index (κ3) is 1.60. The monoisotopic (exact) mass is 258 g/mol. The zero-order chi connectivity index (χ0) is 13.7. The first-order valence-electron chi connectivity index (χ1n) is 6.18. The lowest BCUT2D eigenvalue weighted by Crippen LogP contribution is -2.42. The number of hydrogen-bond donors (Lipinski definition) is 1. The van der Waals surface area contributed by atoms with Gasteiger partial charge >= 0.3 is 0 Å². The Morgan fingerprint density at radius 1 is 1.21 bits per heavy atom. The van der Waals surface area contributed by atoms with E-state index in [-0.39, 0.29) is 11.6 Å². The first kappa shape index (κ1) is 12.3. The number of carbonyl (C=O) groups is 2. The Labute approximate surface area is 110 Å². The van der Waals surface area contributed by atoms with Crippen LogP contribution in [0.2, 0.25) is 0 Å². The number of aliphatic hydroxyl groups is 1. The van der Waals surface area contributed by atoms with Crippen LogP contribution in [-0.4, -0.2) is 35.0 Å². The summed E-state index contributed by atoms with van der Waals surface area (Å²) in [6.45, 7) is 5.45. The van der Waals surface area contributed by atoms with Crippen molar-refractivity contribution in [2.45, 2.75) is 25.2 Å². The van der Waals surface area contributed by atoms with Crippen molar-refractivity contribution in [2.75, 3.05) is 0 Å². The van der Waals surface area contributed by atoms with Gasteiger partial charge in [0.05, 0.1) is 12.0 Å². The molecular weight excluding hydrogens is 244 g/mol. The number of hydrogen-bond acceptors (Lipinski definition) is 4. The Kier molecular flexibility index (Phi) is 2.66. The van der Waals surface area contributed by atoms with Gasteiger partial charge in [-0.2, -0.15) is 0 Å². The van der Waals surface area contributed by atoms with Crippen molar-refractivity contribution in [3.05, 3.63) is 47.5 Å². The van der Waals surface area contributed by atoms with E-state index in [9.17, 15) is 14.7 Å². The van der Waals surface area contributed by atoms with E-state index in [1.807, 2.05) is 0 Å². The number of ketones is 2. The summed E-state index contributed by atoms with van der Waals surface area (Å²) in [5.74, 6) is -1.27. The molecule has 1 heterocycles. The van der Waals surface area contributed by atoms with E-state index in [0.29, 0.717) is 16.7 Å². The Hall–Kier alpha value is -1.78. The second-order valence-electron chi connectivity index (χ2n) is 5.11. The highest BCUT2D eigenvalue weighted by atomic mass is 16.5. The Morgan fingerprint density at radius 2 is 1.79 bits per heavy atom. The molecule has 4 nitrogen and oxygen atoms in total. The number of ether oxygens (including phenoxy) is 1. The first-order valence-corrected chi connectivity index (χ1v) is 6.18. The van der Waals surface area contributed by atoms with E-state index < -0.39 is 24.2 Å². The minimum atomic E-state index is -1.01. The summed E-state index contributed by atoms with van der Waals surface area (Å²) in [6.07, 6.45) is -2.55. The van der Waals surface area contributed by atoms with Crippen LogP contribution in [0.5, 0.6) is 0 Å². The van der Waals surface area contributed by atoms with Crippen molar-refractivity contribution in [3.8, 4) is 0 Å². The minimum absolute atomic E-state index is 0.226. The summed E-state index contributed by atoms with van der Waals surface area (Å²) in [5, 5.41) is 10.2. The summed E-state index contributed by atoms with van der Waals surface area (Å²) in [5.41, 5.74) is 1.37. The lowest BCUT2D eigenvalue weighted by Gasteiger charge is -2.24. The van der Waals surface area contributed by atoms with Crippen LogP contribution >= 0.6 is 0 Å². The molecule has 0 unspecified atom stereocenters. The zero-order valence-electron chi connectivity index (χ0n) is 10.5. The maximum absolute atomic E-state index is 12.4. The van der Waals surface area contributed by atoms with Crippen LogP contribution in [0, 0.1) is 5.92 Å². The van der Waals surface area contributed by atoms with Crippen LogP contribution in [0.3, 0.4) is 0 Å². The van der Waals surface area contributed by atoms with Crippen molar-refractivity contribution in [1.82, 2.24) is 0 Å². The lowest BCUT2D eigenvalue weighted by atomic mass is 9.77. The molecular formula is C15H14O4. The normalized spacial score (nSPS) is 32.9. The number of fused-ring (bicyclic) bond motifs is 2.